The van der Waals surface area contributed by atoms with Crippen molar-refractivity contribution < 1.29 is 4.79 Å². The molecule has 1 aliphatic carbocycles. The molecule has 0 aromatic carbocycles. The highest BCUT2D eigenvalue weighted by atomic mass is 32.1. The number of hydrogen-bond donors (Lipinski definition) is 0. The normalized spacial score (nSPS) is 18.7. The van der Waals surface area contributed by atoms with Crippen molar-refractivity contribution in [3.05, 3.63) is 27.1 Å². The number of piperidine rings is 1. The zero-order chi connectivity index (χ0) is 15.1. The summed E-state index contributed by atoms with van der Waals surface area (Å²) in [6, 6.07) is 0. The molecule has 0 N–H and O–H groups in total. The van der Waals surface area contributed by atoms with Crippen molar-refractivity contribution in [1.82, 2.24) is 14.5 Å². The fourth-order valence-electron chi connectivity index (χ4n) is 3.48. The Bertz CT molecular complexity index is 793. The first-order valence-electron chi connectivity index (χ1n) is 8.01. The molecule has 0 unspecified atom stereocenters. The van der Waals surface area contributed by atoms with Crippen molar-refractivity contribution in [1.29, 1.82) is 0 Å². The Balaban J connectivity index is 1.74. The smallest absolute Gasteiger partial charge is 0.263 e. The molecule has 3 heterocycles. The molecule has 6 heteroatoms. The summed E-state index contributed by atoms with van der Waals surface area (Å²) >= 11 is 1.66. The third kappa shape index (κ3) is 2.26. The highest BCUT2D eigenvalue weighted by molar-refractivity contribution is 7.18. The lowest BCUT2D eigenvalue weighted by Gasteiger charge is -2.27. The number of hydrogen-bond acceptors (Lipinski definition) is 4. The number of likely N-dealkylation sites (tertiary alicyclic amines) is 1. The van der Waals surface area contributed by atoms with Gasteiger partial charge in [0.2, 0.25) is 5.91 Å². The fourth-order valence-corrected chi connectivity index (χ4v) is 4.70. The number of carbonyl (C=O) groups excluding carboxylic acids is 1. The Morgan fingerprint density at radius 2 is 1.91 bits per heavy atom. The van der Waals surface area contributed by atoms with Crippen LogP contribution in [0.15, 0.2) is 11.1 Å². The molecule has 4 rings (SSSR count). The third-order valence-corrected chi connectivity index (χ3v) is 5.89. The van der Waals surface area contributed by atoms with E-state index in [1.54, 1.807) is 27.1 Å². The average molecular weight is 317 g/mol. The summed E-state index contributed by atoms with van der Waals surface area (Å²) in [5, 5.41) is 0.798. The number of thiophene rings is 1. The Kier molecular flexibility index (Phi) is 3.48. The highest BCUT2D eigenvalue weighted by Crippen LogP contribution is 2.33. The van der Waals surface area contributed by atoms with E-state index in [9.17, 15) is 9.59 Å². The number of aryl methyl sites for hydroxylation is 2. The molecule has 2 aromatic heterocycles. The number of amides is 1. The van der Waals surface area contributed by atoms with Crippen LogP contribution in [-0.4, -0.2) is 26.9 Å². The zero-order valence-corrected chi connectivity index (χ0v) is 13.3. The molecule has 0 saturated carbocycles. The van der Waals surface area contributed by atoms with E-state index in [0.29, 0.717) is 13.1 Å². The van der Waals surface area contributed by atoms with E-state index >= 15 is 0 Å². The maximum Gasteiger partial charge on any atom is 0.263 e. The van der Waals surface area contributed by atoms with Gasteiger partial charge in [-0.25, -0.2) is 4.98 Å². The number of carbonyl (C=O) groups is 1. The fraction of sp³-hybridized carbons (Fsp3) is 0.562. The second kappa shape index (κ2) is 5.50. The summed E-state index contributed by atoms with van der Waals surface area (Å²) in [6.45, 7) is 1.08. The Hall–Kier alpha value is -1.69. The maximum atomic E-state index is 12.8. The van der Waals surface area contributed by atoms with Gasteiger partial charge in [-0.05, 0) is 44.1 Å². The molecule has 1 aliphatic heterocycles. The molecular weight excluding hydrogens is 298 g/mol. The number of aromatic nitrogens is 2. The molecule has 0 radical (unpaired) electrons. The van der Waals surface area contributed by atoms with Crippen LogP contribution in [0.5, 0.6) is 0 Å². The predicted molar refractivity (Wildman–Crippen MR) is 86.1 cm³/mol. The molecule has 1 amide bonds. The highest BCUT2D eigenvalue weighted by Gasteiger charge is 2.22. The van der Waals surface area contributed by atoms with Crippen LogP contribution in [0.4, 0.5) is 0 Å². The van der Waals surface area contributed by atoms with Gasteiger partial charge >= 0.3 is 0 Å². The number of rotatable bonds is 2. The molecule has 1 saturated heterocycles. The van der Waals surface area contributed by atoms with E-state index in [4.69, 9.17) is 0 Å². The SMILES string of the molecule is O=C1CCCCN1Cn1cnc2sc3c(c2c1=O)CCCC3. The number of fused-ring (bicyclic) bond motifs is 3. The van der Waals surface area contributed by atoms with Gasteiger partial charge in [0.05, 0.1) is 5.39 Å². The second-order valence-electron chi connectivity index (χ2n) is 6.17. The molecular formula is C16H19N3O2S. The minimum atomic E-state index is 0.0165. The van der Waals surface area contributed by atoms with Crippen molar-refractivity contribution in [2.75, 3.05) is 6.54 Å². The second-order valence-corrected chi connectivity index (χ2v) is 7.25. The summed E-state index contributed by atoms with van der Waals surface area (Å²) in [6.07, 6.45) is 8.59. The molecule has 2 aromatic rings. The van der Waals surface area contributed by atoms with Crippen LogP contribution >= 0.6 is 11.3 Å². The molecule has 1 fully saturated rings. The topological polar surface area (TPSA) is 55.2 Å². The van der Waals surface area contributed by atoms with Gasteiger partial charge in [0.1, 0.15) is 17.8 Å². The average Bonchev–Trinajstić information content (AvgIpc) is 2.91. The van der Waals surface area contributed by atoms with Gasteiger partial charge in [-0.1, -0.05) is 0 Å². The minimum Gasteiger partial charge on any atom is -0.324 e. The monoisotopic (exact) mass is 317 g/mol. The van der Waals surface area contributed by atoms with E-state index in [-0.39, 0.29) is 11.5 Å². The lowest BCUT2D eigenvalue weighted by Crippen LogP contribution is -2.39. The first-order chi connectivity index (χ1) is 10.7. The van der Waals surface area contributed by atoms with Gasteiger partial charge in [0, 0.05) is 17.8 Å². The van der Waals surface area contributed by atoms with Crippen molar-refractivity contribution in [2.24, 2.45) is 0 Å². The Morgan fingerprint density at radius 1 is 1.09 bits per heavy atom. The van der Waals surface area contributed by atoms with Crippen LogP contribution in [0.3, 0.4) is 0 Å². The molecule has 2 aliphatic rings. The van der Waals surface area contributed by atoms with Crippen LogP contribution < -0.4 is 5.56 Å². The third-order valence-electron chi connectivity index (χ3n) is 4.69. The molecule has 0 atom stereocenters. The van der Waals surface area contributed by atoms with Gasteiger partial charge in [0.25, 0.3) is 5.56 Å². The molecule has 5 nitrogen and oxygen atoms in total. The maximum absolute atomic E-state index is 12.8. The molecule has 116 valence electrons. The summed E-state index contributed by atoms with van der Waals surface area (Å²) < 4.78 is 1.60. The largest absolute Gasteiger partial charge is 0.324 e. The van der Waals surface area contributed by atoms with Gasteiger partial charge in [-0.15, -0.1) is 11.3 Å². The Labute approximate surface area is 132 Å². The summed E-state index contributed by atoms with van der Waals surface area (Å²) in [7, 11) is 0. The van der Waals surface area contributed by atoms with Gasteiger partial charge in [-0.3, -0.25) is 14.2 Å². The summed E-state index contributed by atoms with van der Waals surface area (Å²) in [5.41, 5.74) is 1.23. The Morgan fingerprint density at radius 3 is 2.77 bits per heavy atom. The van der Waals surface area contributed by atoms with Crippen molar-refractivity contribution in [3.8, 4) is 0 Å². The van der Waals surface area contributed by atoms with Crippen LogP contribution in [0.1, 0.15) is 42.5 Å². The lowest BCUT2D eigenvalue weighted by atomic mass is 9.97. The lowest BCUT2D eigenvalue weighted by molar-refractivity contribution is -0.135. The minimum absolute atomic E-state index is 0.0165. The van der Waals surface area contributed by atoms with E-state index in [1.165, 1.54) is 16.9 Å². The van der Waals surface area contributed by atoms with Crippen molar-refractivity contribution in [2.45, 2.75) is 51.6 Å². The predicted octanol–water partition coefficient (Wildman–Crippen LogP) is 2.31. The van der Waals surface area contributed by atoms with Crippen molar-refractivity contribution in [3.63, 3.8) is 0 Å². The van der Waals surface area contributed by atoms with E-state index in [2.05, 4.69) is 4.98 Å². The zero-order valence-electron chi connectivity index (χ0n) is 12.5. The van der Waals surface area contributed by atoms with Crippen LogP contribution in [0.2, 0.25) is 0 Å². The van der Waals surface area contributed by atoms with Crippen LogP contribution in [-0.2, 0) is 24.3 Å². The first-order valence-corrected chi connectivity index (χ1v) is 8.83. The quantitative estimate of drug-likeness (QED) is 0.854. The van der Waals surface area contributed by atoms with Crippen LogP contribution in [0, 0.1) is 0 Å². The van der Waals surface area contributed by atoms with Gasteiger partial charge in [0.15, 0.2) is 0 Å². The summed E-state index contributed by atoms with van der Waals surface area (Å²) in [4.78, 5) is 33.2. The van der Waals surface area contributed by atoms with E-state index in [1.807, 2.05) is 0 Å². The van der Waals surface area contributed by atoms with E-state index < -0.39 is 0 Å². The standard InChI is InChI=1S/C16H19N3O2S/c20-13-7-3-4-8-18(13)10-19-9-17-15-14(16(19)21)11-5-1-2-6-12(11)22-15/h9H,1-8,10H2. The molecule has 0 spiro atoms. The van der Waals surface area contributed by atoms with Crippen molar-refractivity contribution >= 4 is 27.5 Å². The van der Waals surface area contributed by atoms with Gasteiger partial charge in [-0.2, -0.15) is 0 Å². The molecule has 0 bridgehead atoms. The molecule has 22 heavy (non-hydrogen) atoms. The number of nitrogens with zero attached hydrogens (tertiary/aromatic N) is 3. The first kappa shape index (κ1) is 13.9. The van der Waals surface area contributed by atoms with E-state index in [0.717, 1.165) is 48.9 Å². The summed E-state index contributed by atoms with van der Waals surface area (Å²) in [5.74, 6) is 0.144. The van der Waals surface area contributed by atoms with Crippen LogP contribution in [0.25, 0.3) is 10.2 Å². The van der Waals surface area contributed by atoms with Gasteiger partial charge < -0.3 is 4.90 Å².